The highest BCUT2D eigenvalue weighted by Gasteiger charge is 2.15. The lowest BCUT2D eigenvalue weighted by molar-refractivity contribution is -0.116. The molecule has 0 bridgehead atoms. The van der Waals surface area contributed by atoms with Crippen LogP contribution in [0.1, 0.15) is 18.4 Å². The van der Waals surface area contributed by atoms with E-state index in [0.29, 0.717) is 6.42 Å². The molecule has 2 heterocycles. The summed E-state index contributed by atoms with van der Waals surface area (Å²) in [6, 6.07) is 32.4. The van der Waals surface area contributed by atoms with Gasteiger partial charge in [0.2, 0.25) is 5.91 Å². The molecule has 0 spiro atoms. The highest BCUT2D eigenvalue weighted by atomic mass is 32.2. The smallest absolute Gasteiger partial charge is 0.224 e. The van der Waals surface area contributed by atoms with Crippen LogP contribution in [-0.4, -0.2) is 15.9 Å². The minimum absolute atomic E-state index is 0.0281. The zero-order valence-corrected chi connectivity index (χ0v) is 19.5. The van der Waals surface area contributed by atoms with Gasteiger partial charge in [0.1, 0.15) is 0 Å². The zero-order chi connectivity index (χ0) is 23.2. The van der Waals surface area contributed by atoms with E-state index in [2.05, 4.69) is 45.6 Å². The van der Waals surface area contributed by atoms with Crippen molar-refractivity contribution in [2.75, 3.05) is 5.32 Å². The first kappa shape index (κ1) is 22.0. The van der Waals surface area contributed by atoms with Crippen molar-refractivity contribution in [2.24, 2.45) is 0 Å². The van der Waals surface area contributed by atoms with Gasteiger partial charge >= 0.3 is 0 Å². The summed E-state index contributed by atoms with van der Waals surface area (Å²) in [5.74, 6) is 0.0281. The number of H-pyrrole nitrogens is 1. The number of aromatic nitrogens is 2. The first-order valence-electron chi connectivity index (χ1n) is 11.4. The number of para-hydroxylation sites is 2. The van der Waals surface area contributed by atoms with Crippen LogP contribution in [0.2, 0.25) is 0 Å². The second-order valence-corrected chi connectivity index (χ2v) is 9.17. The fourth-order valence-electron chi connectivity index (χ4n) is 4.10. The van der Waals surface area contributed by atoms with Crippen molar-refractivity contribution in [2.45, 2.75) is 29.1 Å². The van der Waals surface area contributed by atoms with E-state index in [4.69, 9.17) is 0 Å². The lowest BCUT2D eigenvalue weighted by atomic mass is 10.0. The third-order valence-electron chi connectivity index (χ3n) is 5.70. The van der Waals surface area contributed by atoms with Crippen molar-refractivity contribution >= 4 is 34.3 Å². The van der Waals surface area contributed by atoms with Crippen LogP contribution in [0.25, 0.3) is 22.3 Å². The number of fused-ring (bicyclic) bond motifs is 1. The van der Waals surface area contributed by atoms with Crippen molar-refractivity contribution in [3.05, 3.63) is 109 Å². The molecule has 0 fully saturated rings. The fraction of sp³-hybridized carbons (Fsp3) is 0.103. The molecule has 5 aromatic rings. The molecule has 0 aliphatic rings. The van der Waals surface area contributed by atoms with Crippen molar-refractivity contribution < 1.29 is 4.79 Å². The number of pyridine rings is 1. The van der Waals surface area contributed by atoms with Crippen LogP contribution in [0.5, 0.6) is 0 Å². The molecule has 5 rings (SSSR count). The van der Waals surface area contributed by atoms with Gasteiger partial charge in [-0.05, 0) is 60.9 Å². The highest BCUT2D eigenvalue weighted by molar-refractivity contribution is 7.99. The quantitative estimate of drug-likeness (QED) is 0.253. The third-order valence-corrected chi connectivity index (χ3v) is 6.78. The number of benzene rings is 3. The Balaban J connectivity index is 1.27. The predicted molar refractivity (Wildman–Crippen MR) is 140 cm³/mol. The second kappa shape index (κ2) is 10.4. The number of hydrogen-bond acceptors (Lipinski definition) is 3. The van der Waals surface area contributed by atoms with Crippen LogP contribution in [-0.2, 0) is 11.2 Å². The molecule has 0 unspecified atom stereocenters. The van der Waals surface area contributed by atoms with Crippen molar-refractivity contribution in [1.82, 2.24) is 9.97 Å². The molecule has 0 saturated heterocycles. The first-order chi connectivity index (χ1) is 16.8. The van der Waals surface area contributed by atoms with Crippen LogP contribution in [0.3, 0.4) is 0 Å². The van der Waals surface area contributed by atoms with Gasteiger partial charge in [0.05, 0.1) is 17.1 Å². The Labute approximate surface area is 203 Å². The summed E-state index contributed by atoms with van der Waals surface area (Å²) in [5, 5.41) is 4.30. The van der Waals surface area contributed by atoms with E-state index in [0.717, 1.165) is 45.2 Å². The number of aryl methyl sites for hydroxylation is 1. The predicted octanol–water partition coefficient (Wildman–Crippen LogP) is 7.34. The van der Waals surface area contributed by atoms with Crippen molar-refractivity contribution in [1.29, 1.82) is 0 Å². The number of anilines is 1. The van der Waals surface area contributed by atoms with Crippen LogP contribution in [0.4, 0.5) is 5.69 Å². The van der Waals surface area contributed by atoms with Crippen molar-refractivity contribution in [3.8, 4) is 11.4 Å². The molecule has 0 saturated carbocycles. The highest BCUT2D eigenvalue weighted by Crippen LogP contribution is 2.34. The Kier molecular flexibility index (Phi) is 6.73. The van der Waals surface area contributed by atoms with E-state index in [9.17, 15) is 4.79 Å². The lowest BCUT2D eigenvalue weighted by Crippen LogP contribution is -2.12. The Morgan fingerprint density at radius 1 is 0.853 bits per heavy atom. The van der Waals surface area contributed by atoms with Gasteiger partial charge in [-0.25, -0.2) is 0 Å². The van der Waals surface area contributed by atoms with Crippen molar-refractivity contribution in [3.63, 3.8) is 0 Å². The minimum Gasteiger partial charge on any atom is -0.353 e. The second-order valence-electron chi connectivity index (χ2n) is 8.05. The number of hydrogen-bond donors (Lipinski definition) is 2. The zero-order valence-electron chi connectivity index (χ0n) is 18.7. The molecule has 34 heavy (non-hydrogen) atoms. The summed E-state index contributed by atoms with van der Waals surface area (Å²) in [5.41, 5.74) is 5.11. The van der Waals surface area contributed by atoms with Gasteiger partial charge in [0, 0.05) is 33.3 Å². The van der Waals surface area contributed by atoms with Gasteiger partial charge in [0.25, 0.3) is 0 Å². The fourth-order valence-corrected chi connectivity index (χ4v) is 5.02. The molecule has 2 aromatic heterocycles. The SMILES string of the molecule is O=C(CCCc1c(-c2ccccn2)[nH]c2ccccc12)Nc1ccccc1Sc1ccccc1. The molecular formula is C29H25N3OS. The van der Waals surface area contributed by atoms with Gasteiger partial charge in [-0.3, -0.25) is 9.78 Å². The maximum atomic E-state index is 12.8. The molecule has 3 aromatic carbocycles. The molecule has 0 radical (unpaired) electrons. The number of aromatic amines is 1. The monoisotopic (exact) mass is 463 g/mol. The van der Waals surface area contributed by atoms with Gasteiger partial charge in [0.15, 0.2) is 0 Å². The van der Waals surface area contributed by atoms with Gasteiger partial charge in [-0.1, -0.05) is 66.4 Å². The number of nitrogens with one attached hydrogen (secondary N) is 2. The van der Waals surface area contributed by atoms with E-state index in [1.807, 2.05) is 72.9 Å². The Morgan fingerprint density at radius 3 is 2.47 bits per heavy atom. The largest absolute Gasteiger partial charge is 0.353 e. The number of rotatable bonds is 8. The Morgan fingerprint density at radius 2 is 1.62 bits per heavy atom. The van der Waals surface area contributed by atoms with Crippen LogP contribution in [0.15, 0.2) is 113 Å². The maximum Gasteiger partial charge on any atom is 0.224 e. The van der Waals surface area contributed by atoms with Crippen LogP contribution >= 0.6 is 11.8 Å². The van der Waals surface area contributed by atoms with E-state index >= 15 is 0 Å². The molecule has 0 atom stereocenters. The topological polar surface area (TPSA) is 57.8 Å². The summed E-state index contributed by atoms with van der Waals surface area (Å²) < 4.78 is 0. The summed E-state index contributed by atoms with van der Waals surface area (Å²) in [7, 11) is 0. The number of carbonyl (C=O) groups excluding carboxylic acids is 1. The number of carbonyl (C=O) groups is 1. The average Bonchev–Trinajstić information content (AvgIpc) is 3.25. The van der Waals surface area contributed by atoms with Gasteiger partial charge in [-0.15, -0.1) is 0 Å². The Hall–Kier alpha value is -3.83. The van der Waals surface area contributed by atoms with E-state index < -0.39 is 0 Å². The Bertz CT molecular complexity index is 1400. The number of nitrogens with zero attached hydrogens (tertiary/aromatic N) is 1. The summed E-state index contributed by atoms with van der Waals surface area (Å²) in [4.78, 5) is 23.1. The van der Waals surface area contributed by atoms with E-state index in [-0.39, 0.29) is 5.91 Å². The summed E-state index contributed by atoms with van der Waals surface area (Å²) in [6.07, 6.45) is 3.81. The standard InChI is InChI=1S/C29H25N3OS/c33-28(31-25-16-6-7-18-27(25)34-21-11-2-1-3-12-21)19-10-14-23-22-13-4-5-15-24(22)32-29(23)26-17-8-9-20-30-26/h1-9,11-13,15-18,20,32H,10,14,19H2,(H,31,33). The van der Waals surface area contributed by atoms with Crippen LogP contribution < -0.4 is 5.32 Å². The molecule has 168 valence electrons. The first-order valence-corrected chi connectivity index (χ1v) is 12.2. The van der Waals surface area contributed by atoms with E-state index in [1.165, 1.54) is 10.9 Å². The average molecular weight is 464 g/mol. The van der Waals surface area contributed by atoms with Gasteiger partial charge in [-0.2, -0.15) is 0 Å². The lowest BCUT2D eigenvalue weighted by Gasteiger charge is -2.11. The molecule has 0 aliphatic carbocycles. The molecule has 5 heteroatoms. The molecular weight excluding hydrogens is 438 g/mol. The number of amides is 1. The molecule has 4 nitrogen and oxygen atoms in total. The normalized spacial score (nSPS) is 10.9. The third kappa shape index (κ3) is 5.05. The minimum atomic E-state index is 0.0281. The van der Waals surface area contributed by atoms with Gasteiger partial charge < -0.3 is 10.3 Å². The maximum absolute atomic E-state index is 12.8. The summed E-state index contributed by atoms with van der Waals surface area (Å²) >= 11 is 1.65. The summed E-state index contributed by atoms with van der Waals surface area (Å²) in [6.45, 7) is 0. The molecule has 2 N–H and O–H groups in total. The van der Waals surface area contributed by atoms with Crippen LogP contribution in [0, 0.1) is 0 Å². The molecule has 1 amide bonds. The van der Waals surface area contributed by atoms with E-state index in [1.54, 1.807) is 11.8 Å². The molecule has 0 aliphatic heterocycles.